The molecule has 1 aromatic carbocycles. The topological polar surface area (TPSA) is 89.7 Å². The highest BCUT2D eigenvalue weighted by Gasteiger charge is 2.31. The molecule has 142 valence electrons. The molecule has 3 aromatic rings. The average molecular weight is 387 g/mol. The summed E-state index contributed by atoms with van der Waals surface area (Å²) in [6, 6.07) is 3.84. The van der Waals surface area contributed by atoms with E-state index in [1.807, 2.05) is 37.8 Å². The third-order valence-electron chi connectivity index (χ3n) is 5.25. The molecule has 1 aliphatic rings. The van der Waals surface area contributed by atoms with Gasteiger partial charge in [-0.2, -0.15) is 5.10 Å². The molecule has 0 radical (unpaired) electrons. The second kappa shape index (κ2) is 6.88. The van der Waals surface area contributed by atoms with E-state index in [1.165, 1.54) is 0 Å². The van der Waals surface area contributed by atoms with E-state index in [0.717, 1.165) is 46.8 Å². The summed E-state index contributed by atoms with van der Waals surface area (Å²) in [5.74, 6) is 1.62. The molecule has 3 heterocycles. The summed E-state index contributed by atoms with van der Waals surface area (Å²) in [5.41, 5.74) is 4.46. The Morgan fingerprint density at radius 3 is 2.85 bits per heavy atom. The lowest BCUT2D eigenvalue weighted by molar-refractivity contribution is -0.134. The number of benzene rings is 1. The van der Waals surface area contributed by atoms with E-state index in [0.29, 0.717) is 23.8 Å². The number of rotatable bonds is 4. The lowest BCUT2D eigenvalue weighted by Gasteiger charge is -2.28. The van der Waals surface area contributed by atoms with Gasteiger partial charge in [0.15, 0.2) is 5.82 Å². The fraction of sp³-hybridized carbons (Fsp3) is 0.421. The van der Waals surface area contributed by atoms with Crippen LogP contribution < -0.4 is 5.32 Å². The van der Waals surface area contributed by atoms with Crippen molar-refractivity contribution in [2.75, 3.05) is 25.0 Å². The Hall–Kier alpha value is -2.54. The van der Waals surface area contributed by atoms with Gasteiger partial charge in [-0.3, -0.25) is 9.89 Å². The van der Waals surface area contributed by atoms with Crippen molar-refractivity contribution in [3.63, 3.8) is 0 Å². The predicted molar refractivity (Wildman–Crippen MR) is 107 cm³/mol. The van der Waals surface area contributed by atoms with Crippen molar-refractivity contribution in [3.8, 4) is 11.5 Å². The van der Waals surface area contributed by atoms with Gasteiger partial charge in [0.25, 0.3) is 0 Å². The maximum atomic E-state index is 12.8. The number of amides is 1. The molecule has 0 bridgehead atoms. The minimum Gasteiger partial charge on any atom is -0.369 e. The van der Waals surface area contributed by atoms with Gasteiger partial charge in [0.2, 0.25) is 5.91 Å². The molecule has 0 saturated carbocycles. The number of carbonyl (C=O) groups excluding carboxylic acids is 1. The molecule has 27 heavy (non-hydrogen) atoms. The maximum Gasteiger partial charge on any atom is 0.227 e. The van der Waals surface area contributed by atoms with Gasteiger partial charge in [0, 0.05) is 30.2 Å². The molecule has 7 nitrogen and oxygen atoms in total. The third kappa shape index (κ3) is 3.06. The Bertz CT molecular complexity index is 964. The summed E-state index contributed by atoms with van der Waals surface area (Å²) >= 11 is 6.22. The first-order valence-corrected chi connectivity index (χ1v) is 9.65. The van der Waals surface area contributed by atoms with Gasteiger partial charge in [-0.1, -0.05) is 11.6 Å². The Morgan fingerprint density at radius 2 is 2.11 bits per heavy atom. The summed E-state index contributed by atoms with van der Waals surface area (Å²) in [5, 5.41) is 11.5. The van der Waals surface area contributed by atoms with E-state index in [2.05, 4.69) is 25.5 Å². The van der Waals surface area contributed by atoms with E-state index in [-0.39, 0.29) is 11.8 Å². The number of nitrogens with one attached hydrogen (secondary N) is 3. The summed E-state index contributed by atoms with van der Waals surface area (Å²) < 4.78 is 0. The molecule has 8 heteroatoms. The van der Waals surface area contributed by atoms with Crippen molar-refractivity contribution in [2.24, 2.45) is 5.92 Å². The largest absolute Gasteiger partial charge is 0.369 e. The number of imidazole rings is 1. The van der Waals surface area contributed by atoms with E-state index in [4.69, 9.17) is 11.6 Å². The molecule has 0 spiro atoms. The SMILES string of the molecule is CCN(CC)C(=O)C1CNc2[nH]nc(-c3nc4cc(Cl)c(C)cc4[nH]3)c2C1. The zero-order valence-electron chi connectivity index (χ0n) is 15.7. The highest BCUT2D eigenvalue weighted by Crippen LogP contribution is 2.33. The first-order valence-electron chi connectivity index (χ1n) is 9.27. The first kappa shape index (κ1) is 17.9. The van der Waals surface area contributed by atoms with Gasteiger partial charge in [-0.25, -0.2) is 4.98 Å². The predicted octanol–water partition coefficient (Wildman–Crippen LogP) is 3.37. The number of hydrogen-bond acceptors (Lipinski definition) is 4. The molecule has 1 unspecified atom stereocenters. The molecule has 0 saturated heterocycles. The zero-order valence-corrected chi connectivity index (χ0v) is 16.4. The minimum absolute atomic E-state index is 0.102. The summed E-state index contributed by atoms with van der Waals surface area (Å²) in [6.07, 6.45) is 0.639. The number of anilines is 1. The van der Waals surface area contributed by atoms with Gasteiger partial charge < -0.3 is 15.2 Å². The Morgan fingerprint density at radius 1 is 1.33 bits per heavy atom. The van der Waals surface area contributed by atoms with Crippen LogP contribution >= 0.6 is 11.6 Å². The van der Waals surface area contributed by atoms with E-state index in [1.54, 1.807) is 0 Å². The van der Waals surface area contributed by atoms with Crippen LogP contribution in [0.2, 0.25) is 5.02 Å². The van der Waals surface area contributed by atoms with Crippen LogP contribution in [0.25, 0.3) is 22.6 Å². The molecule has 1 aliphatic heterocycles. The van der Waals surface area contributed by atoms with Crippen molar-refractivity contribution in [1.82, 2.24) is 25.1 Å². The lowest BCUT2D eigenvalue weighted by Crippen LogP contribution is -2.41. The number of halogens is 1. The number of aromatic nitrogens is 4. The minimum atomic E-state index is -0.102. The summed E-state index contributed by atoms with van der Waals surface area (Å²) in [6.45, 7) is 8.04. The fourth-order valence-electron chi connectivity index (χ4n) is 3.67. The van der Waals surface area contributed by atoms with Crippen molar-refractivity contribution in [2.45, 2.75) is 27.2 Å². The van der Waals surface area contributed by atoms with Crippen LogP contribution in [0.1, 0.15) is 25.0 Å². The molecule has 4 rings (SSSR count). The van der Waals surface area contributed by atoms with Crippen molar-refractivity contribution >= 4 is 34.4 Å². The number of aryl methyl sites for hydroxylation is 1. The standard InChI is InChI=1S/C19H23ClN6O/c1-4-26(5-2)19(27)11-7-12-16(24-25-17(12)21-9-11)18-22-14-6-10(3)13(20)8-15(14)23-18/h6,8,11H,4-5,7,9H2,1-3H3,(H,22,23)(H2,21,24,25). The maximum absolute atomic E-state index is 12.8. The molecule has 0 fully saturated rings. The van der Waals surface area contributed by atoms with Crippen LogP contribution in [-0.2, 0) is 11.2 Å². The number of nitrogens with zero attached hydrogens (tertiary/aromatic N) is 3. The number of aromatic amines is 2. The number of hydrogen-bond donors (Lipinski definition) is 3. The molecule has 3 N–H and O–H groups in total. The number of carbonyl (C=O) groups is 1. The van der Waals surface area contributed by atoms with Crippen LogP contribution in [0.4, 0.5) is 5.82 Å². The molecular formula is C19H23ClN6O. The molecule has 0 aliphatic carbocycles. The van der Waals surface area contributed by atoms with Gasteiger partial charge in [0.1, 0.15) is 11.5 Å². The summed E-state index contributed by atoms with van der Waals surface area (Å²) in [7, 11) is 0. The van der Waals surface area contributed by atoms with Crippen LogP contribution in [0.5, 0.6) is 0 Å². The van der Waals surface area contributed by atoms with Crippen molar-refractivity contribution < 1.29 is 4.79 Å². The average Bonchev–Trinajstić information content (AvgIpc) is 3.26. The fourth-order valence-corrected chi connectivity index (χ4v) is 3.83. The Balaban J connectivity index is 1.68. The van der Waals surface area contributed by atoms with Crippen molar-refractivity contribution in [3.05, 3.63) is 28.3 Å². The highest BCUT2D eigenvalue weighted by atomic mass is 35.5. The first-order chi connectivity index (χ1) is 13.0. The zero-order chi connectivity index (χ0) is 19.1. The van der Waals surface area contributed by atoms with Gasteiger partial charge in [-0.15, -0.1) is 0 Å². The van der Waals surface area contributed by atoms with Crippen LogP contribution in [0, 0.1) is 12.8 Å². The highest BCUT2D eigenvalue weighted by molar-refractivity contribution is 6.32. The second-order valence-electron chi connectivity index (χ2n) is 6.92. The van der Waals surface area contributed by atoms with Crippen LogP contribution in [0.15, 0.2) is 12.1 Å². The van der Waals surface area contributed by atoms with E-state index in [9.17, 15) is 4.79 Å². The van der Waals surface area contributed by atoms with Crippen molar-refractivity contribution in [1.29, 1.82) is 0 Å². The van der Waals surface area contributed by atoms with Gasteiger partial charge >= 0.3 is 0 Å². The molecular weight excluding hydrogens is 364 g/mol. The Kier molecular flexibility index (Phi) is 4.55. The van der Waals surface area contributed by atoms with E-state index >= 15 is 0 Å². The van der Waals surface area contributed by atoms with E-state index < -0.39 is 0 Å². The summed E-state index contributed by atoms with van der Waals surface area (Å²) in [4.78, 5) is 22.6. The molecule has 1 atom stereocenters. The monoisotopic (exact) mass is 386 g/mol. The molecule has 2 aromatic heterocycles. The van der Waals surface area contributed by atoms with Gasteiger partial charge in [0.05, 0.1) is 17.0 Å². The van der Waals surface area contributed by atoms with Crippen LogP contribution in [0.3, 0.4) is 0 Å². The number of fused-ring (bicyclic) bond motifs is 2. The Labute approximate surface area is 162 Å². The smallest absolute Gasteiger partial charge is 0.227 e. The lowest BCUT2D eigenvalue weighted by atomic mass is 9.94. The normalized spacial score (nSPS) is 16.2. The van der Waals surface area contributed by atoms with Gasteiger partial charge in [-0.05, 0) is 44.9 Å². The molecule has 1 amide bonds. The quantitative estimate of drug-likeness (QED) is 0.641. The number of H-pyrrole nitrogens is 2. The van der Waals surface area contributed by atoms with Crippen LogP contribution in [-0.4, -0.2) is 50.6 Å². The third-order valence-corrected chi connectivity index (χ3v) is 5.66. The second-order valence-corrected chi connectivity index (χ2v) is 7.33.